The summed E-state index contributed by atoms with van der Waals surface area (Å²) >= 11 is 3.12. The minimum atomic E-state index is -0.386. The second kappa shape index (κ2) is 8.22. The van der Waals surface area contributed by atoms with E-state index in [1.165, 1.54) is 23.5 Å². The number of nitrogens with one attached hydrogen (secondary N) is 1. The number of aromatic nitrogens is 2. The standard InChI is InChI=1S/C21H19N5O3S2/c27-20-19-16(17-2-1-11-30-17)13-31-21(19)23-18(22-20)12-24-7-9-25(10-8-24)14-3-5-15(6-4-14)26(28)29/h1-6,11,13H,7-10,12H2,(H,22,23,27). The molecule has 4 aromatic rings. The van der Waals surface area contributed by atoms with Gasteiger partial charge in [-0.05, 0) is 23.6 Å². The summed E-state index contributed by atoms with van der Waals surface area (Å²) in [5.74, 6) is 0.681. The van der Waals surface area contributed by atoms with Gasteiger partial charge in [-0.1, -0.05) is 6.07 Å². The van der Waals surface area contributed by atoms with Crippen molar-refractivity contribution < 1.29 is 4.92 Å². The lowest BCUT2D eigenvalue weighted by Crippen LogP contribution is -2.46. The highest BCUT2D eigenvalue weighted by Gasteiger charge is 2.20. The number of hydrogen-bond acceptors (Lipinski definition) is 8. The van der Waals surface area contributed by atoms with Crippen LogP contribution >= 0.6 is 22.7 Å². The molecule has 0 amide bonds. The SMILES string of the molecule is O=c1[nH]c(CN2CCN(c3ccc([N+](=O)[O-])cc3)CC2)nc2scc(-c3cccs3)c12. The number of rotatable bonds is 5. The Kier molecular flexibility index (Phi) is 5.26. The Morgan fingerprint density at radius 3 is 2.55 bits per heavy atom. The average molecular weight is 454 g/mol. The highest BCUT2D eigenvalue weighted by Crippen LogP contribution is 2.33. The van der Waals surface area contributed by atoms with E-state index in [1.807, 2.05) is 22.9 Å². The summed E-state index contributed by atoms with van der Waals surface area (Å²) in [7, 11) is 0. The van der Waals surface area contributed by atoms with Crippen molar-refractivity contribution in [3.05, 3.63) is 73.5 Å². The molecule has 0 atom stereocenters. The third kappa shape index (κ3) is 3.97. The van der Waals surface area contributed by atoms with Gasteiger partial charge in [0.2, 0.25) is 0 Å². The summed E-state index contributed by atoms with van der Waals surface area (Å²) in [5, 5.41) is 15.5. The zero-order valence-corrected chi connectivity index (χ0v) is 18.1. The van der Waals surface area contributed by atoms with E-state index in [2.05, 4.69) is 14.8 Å². The van der Waals surface area contributed by atoms with Crippen molar-refractivity contribution in [2.45, 2.75) is 6.54 Å². The molecule has 10 heteroatoms. The maximum Gasteiger partial charge on any atom is 0.269 e. The third-order valence-electron chi connectivity index (χ3n) is 5.45. The fraction of sp³-hybridized carbons (Fsp3) is 0.238. The molecule has 3 aromatic heterocycles. The largest absolute Gasteiger partial charge is 0.369 e. The molecule has 1 aromatic carbocycles. The summed E-state index contributed by atoms with van der Waals surface area (Å²) in [6.45, 7) is 3.86. The van der Waals surface area contributed by atoms with E-state index in [0.29, 0.717) is 17.8 Å². The van der Waals surface area contributed by atoms with E-state index in [0.717, 1.165) is 47.1 Å². The first kappa shape index (κ1) is 19.9. The van der Waals surface area contributed by atoms with Gasteiger partial charge in [-0.2, -0.15) is 0 Å². The maximum absolute atomic E-state index is 12.8. The van der Waals surface area contributed by atoms with Gasteiger partial charge in [-0.25, -0.2) is 4.98 Å². The summed E-state index contributed by atoms with van der Waals surface area (Å²) in [6.07, 6.45) is 0. The Morgan fingerprint density at radius 2 is 1.87 bits per heavy atom. The smallest absolute Gasteiger partial charge is 0.269 e. The number of H-pyrrole nitrogens is 1. The highest BCUT2D eigenvalue weighted by atomic mass is 32.1. The Labute approximate surface area is 185 Å². The summed E-state index contributed by atoms with van der Waals surface area (Å²) in [4.78, 5) is 37.2. The van der Waals surface area contributed by atoms with Crippen LogP contribution in [0.5, 0.6) is 0 Å². The molecule has 31 heavy (non-hydrogen) atoms. The van der Waals surface area contributed by atoms with E-state index in [9.17, 15) is 14.9 Å². The van der Waals surface area contributed by atoms with E-state index in [-0.39, 0.29) is 16.2 Å². The Morgan fingerprint density at radius 1 is 1.10 bits per heavy atom. The Bertz CT molecular complexity index is 1270. The van der Waals surface area contributed by atoms with Crippen LogP contribution in [-0.2, 0) is 6.54 Å². The number of nitro benzene ring substituents is 1. The predicted molar refractivity (Wildman–Crippen MR) is 124 cm³/mol. The van der Waals surface area contributed by atoms with Crippen LogP contribution in [0.1, 0.15) is 5.82 Å². The van der Waals surface area contributed by atoms with Gasteiger partial charge in [-0.15, -0.1) is 22.7 Å². The number of piperazine rings is 1. The molecule has 1 saturated heterocycles. The number of aromatic amines is 1. The van der Waals surface area contributed by atoms with Crippen LogP contribution in [0.25, 0.3) is 20.7 Å². The maximum atomic E-state index is 12.8. The van der Waals surface area contributed by atoms with Crippen molar-refractivity contribution in [1.29, 1.82) is 0 Å². The number of hydrogen-bond donors (Lipinski definition) is 1. The number of nitro groups is 1. The molecule has 158 valence electrons. The van der Waals surface area contributed by atoms with Gasteiger partial charge in [0.15, 0.2) is 0 Å². The zero-order chi connectivity index (χ0) is 21.4. The molecular weight excluding hydrogens is 434 g/mol. The average Bonchev–Trinajstić information content (AvgIpc) is 3.44. The van der Waals surface area contributed by atoms with Crippen LogP contribution in [0.2, 0.25) is 0 Å². The number of fused-ring (bicyclic) bond motifs is 1. The molecule has 0 spiro atoms. The van der Waals surface area contributed by atoms with Gasteiger partial charge in [0.25, 0.3) is 11.2 Å². The van der Waals surface area contributed by atoms with E-state index >= 15 is 0 Å². The Hall–Kier alpha value is -3.08. The molecule has 1 N–H and O–H groups in total. The second-order valence-electron chi connectivity index (χ2n) is 7.36. The van der Waals surface area contributed by atoms with Gasteiger partial charge >= 0.3 is 0 Å². The number of non-ortho nitro benzene ring substituents is 1. The van der Waals surface area contributed by atoms with Crippen LogP contribution in [0.4, 0.5) is 11.4 Å². The summed E-state index contributed by atoms with van der Waals surface area (Å²) < 4.78 is 0. The van der Waals surface area contributed by atoms with Crippen molar-refractivity contribution in [2.24, 2.45) is 0 Å². The molecule has 0 aliphatic carbocycles. The molecule has 5 rings (SSSR count). The van der Waals surface area contributed by atoms with E-state index in [1.54, 1.807) is 23.5 Å². The number of benzene rings is 1. The minimum Gasteiger partial charge on any atom is -0.369 e. The topological polar surface area (TPSA) is 95.4 Å². The molecule has 0 bridgehead atoms. The number of thiophene rings is 2. The lowest BCUT2D eigenvalue weighted by Gasteiger charge is -2.35. The first-order valence-electron chi connectivity index (χ1n) is 9.84. The number of anilines is 1. The number of nitrogens with zero attached hydrogens (tertiary/aromatic N) is 4. The lowest BCUT2D eigenvalue weighted by atomic mass is 10.2. The van der Waals surface area contributed by atoms with E-state index in [4.69, 9.17) is 4.98 Å². The second-order valence-corrected chi connectivity index (χ2v) is 9.16. The zero-order valence-electron chi connectivity index (χ0n) is 16.5. The molecule has 1 fully saturated rings. The molecule has 4 heterocycles. The Balaban J connectivity index is 1.27. The van der Waals surface area contributed by atoms with Gasteiger partial charge in [-0.3, -0.25) is 19.8 Å². The van der Waals surface area contributed by atoms with Gasteiger partial charge < -0.3 is 9.88 Å². The van der Waals surface area contributed by atoms with Crippen LogP contribution in [0, 0.1) is 10.1 Å². The van der Waals surface area contributed by atoms with Crippen LogP contribution in [0.3, 0.4) is 0 Å². The fourth-order valence-corrected chi connectivity index (χ4v) is 5.62. The lowest BCUT2D eigenvalue weighted by molar-refractivity contribution is -0.384. The molecule has 1 aliphatic rings. The predicted octanol–water partition coefficient (Wildman–Crippen LogP) is 3.94. The van der Waals surface area contributed by atoms with Crippen LogP contribution < -0.4 is 10.5 Å². The van der Waals surface area contributed by atoms with Crippen molar-refractivity contribution >= 4 is 44.3 Å². The van der Waals surface area contributed by atoms with Crippen molar-refractivity contribution in [3.63, 3.8) is 0 Å². The molecule has 0 unspecified atom stereocenters. The van der Waals surface area contributed by atoms with Crippen molar-refractivity contribution in [2.75, 3.05) is 31.1 Å². The van der Waals surface area contributed by atoms with Crippen LogP contribution in [0.15, 0.2) is 52.0 Å². The minimum absolute atomic E-state index is 0.0887. The van der Waals surface area contributed by atoms with Crippen molar-refractivity contribution in [1.82, 2.24) is 14.9 Å². The first-order chi connectivity index (χ1) is 15.1. The highest BCUT2D eigenvalue weighted by molar-refractivity contribution is 7.18. The monoisotopic (exact) mass is 453 g/mol. The molecule has 1 aliphatic heterocycles. The van der Waals surface area contributed by atoms with E-state index < -0.39 is 0 Å². The summed E-state index contributed by atoms with van der Waals surface area (Å²) in [5.41, 5.74) is 1.95. The van der Waals surface area contributed by atoms with Gasteiger partial charge in [0, 0.05) is 59.8 Å². The van der Waals surface area contributed by atoms with Gasteiger partial charge in [0.1, 0.15) is 10.7 Å². The van der Waals surface area contributed by atoms with Crippen LogP contribution in [-0.4, -0.2) is 46.0 Å². The molecular formula is C21H19N5O3S2. The molecule has 0 radical (unpaired) electrons. The summed E-state index contributed by atoms with van der Waals surface area (Å²) in [6, 6.07) is 10.7. The first-order valence-corrected chi connectivity index (χ1v) is 11.6. The quantitative estimate of drug-likeness (QED) is 0.363. The molecule has 8 nitrogen and oxygen atoms in total. The normalized spacial score (nSPS) is 14.9. The van der Waals surface area contributed by atoms with Gasteiger partial charge in [0.05, 0.1) is 16.9 Å². The molecule has 0 saturated carbocycles. The van der Waals surface area contributed by atoms with Crippen molar-refractivity contribution in [3.8, 4) is 10.4 Å². The third-order valence-corrected chi connectivity index (χ3v) is 7.23. The fourth-order valence-electron chi connectivity index (χ4n) is 3.84.